The summed E-state index contributed by atoms with van der Waals surface area (Å²) in [5.74, 6) is 1.27. The third-order valence-corrected chi connectivity index (χ3v) is 6.87. The van der Waals surface area contributed by atoms with Crippen molar-refractivity contribution < 1.29 is 0 Å². The summed E-state index contributed by atoms with van der Waals surface area (Å²) in [4.78, 5) is 9.16. The number of likely N-dealkylation sites (N-methyl/N-ethyl adjacent to an activating group) is 1. The molecule has 0 bridgehead atoms. The van der Waals surface area contributed by atoms with E-state index in [-0.39, 0.29) is 5.95 Å². The number of anilines is 4. The molecule has 3 heterocycles. The van der Waals surface area contributed by atoms with Gasteiger partial charge in [-0.15, -0.1) is 15.3 Å². The van der Waals surface area contributed by atoms with E-state index in [1.807, 2.05) is 18.2 Å². The zero-order valence-corrected chi connectivity index (χ0v) is 19.9. The summed E-state index contributed by atoms with van der Waals surface area (Å²) in [5, 5.41) is 16.8. The van der Waals surface area contributed by atoms with Gasteiger partial charge in [0.2, 0.25) is 11.9 Å². The number of nitrogen functional groups attached to an aromatic ring is 1. The van der Waals surface area contributed by atoms with E-state index in [9.17, 15) is 0 Å². The number of hydrogen-bond donors (Lipinski definition) is 2. The molecule has 0 spiro atoms. The van der Waals surface area contributed by atoms with Crippen molar-refractivity contribution in [3.63, 3.8) is 0 Å². The number of aromatic nitrogens is 5. The van der Waals surface area contributed by atoms with Crippen LogP contribution in [0.2, 0.25) is 0 Å². The number of fused-ring (bicyclic) bond motifs is 3. The van der Waals surface area contributed by atoms with Gasteiger partial charge in [0.1, 0.15) is 0 Å². The van der Waals surface area contributed by atoms with Gasteiger partial charge in [-0.05, 0) is 67.8 Å². The van der Waals surface area contributed by atoms with Crippen LogP contribution in [0.15, 0.2) is 54.6 Å². The van der Waals surface area contributed by atoms with Crippen molar-refractivity contribution in [2.75, 3.05) is 49.2 Å². The Morgan fingerprint density at radius 3 is 2.49 bits per heavy atom. The van der Waals surface area contributed by atoms with Crippen molar-refractivity contribution in [1.82, 2.24) is 29.9 Å². The van der Waals surface area contributed by atoms with Gasteiger partial charge >= 0.3 is 0 Å². The van der Waals surface area contributed by atoms with E-state index in [1.54, 1.807) is 4.68 Å². The van der Waals surface area contributed by atoms with E-state index in [1.165, 1.54) is 11.3 Å². The number of nitrogens with one attached hydrogen (secondary N) is 1. The highest BCUT2D eigenvalue weighted by molar-refractivity contribution is 5.68. The molecule has 0 radical (unpaired) electrons. The third kappa shape index (κ3) is 4.30. The van der Waals surface area contributed by atoms with Crippen LogP contribution in [0.3, 0.4) is 0 Å². The molecule has 178 valence electrons. The summed E-state index contributed by atoms with van der Waals surface area (Å²) < 4.78 is 1.55. The highest BCUT2D eigenvalue weighted by Gasteiger charge is 2.19. The van der Waals surface area contributed by atoms with Crippen LogP contribution in [0.5, 0.6) is 0 Å². The van der Waals surface area contributed by atoms with Crippen molar-refractivity contribution in [3.05, 3.63) is 65.7 Å². The van der Waals surface area contributed by atoms with Gasteiger partial charge in [-0.25, -0.2) is 0 Å². The van der Waals surface area contributed by atoms with Crippen molar-refractivity contribution in [2.24, 2.45) is 0 Å². The maximum Gasteiger partial charge on any atom is 0.248 e. The molecule has 0 atom stereocenters. The van der Waals surface area contributed by atoms with E-state index < -0.39 is 0 Å². The minimum atomic E-state index is 0.268. The first-order valence-corrected chi connectivity index (χ1v) is 12.1. The lowest BCUT2D eigenvalue weighted by Gasteiger charge is -2.34. The second-order valence-electron chi connectivity index (χ2n) is 9.25. The van der Waals surface area contributed by atoms with E-state index in [0.717, 1.165) is 67.9 Å². The number of benzene rings is 2. The summed E-state index contributed by atoms with van der Waals surface area (Å²) in [5.41, 5.74) is 12.9. The molecule has 1 aliphatic carbocycles. The van der Waals surface area contributed by atoms with Crippen LogP contribution in [0, 0.1) is 0 Å². The fourth-order valence-electron chi connectivity index (χ4n) is 4.87. The fraction of sp³-hybridized carbons (Fsp3) is 0.308. The minimum Gasteiger partial charge on any atom is -0.369 e. The van der Waals surface area contributed by atoms with Gasteiger partial charge < -0.3 is 20.9 Å². The van der Waals surface area contributed by atoms with Gasteiger partial charge in [-0.2, -0.15) is 9.67 Å². The SMILES string of the molecule is CN1CCN(c2ccc(Nc3nc(N)n(-c4cc5c(nn4)-c4ccccc4CCC5)n3)cc2)CC1. The standard InChI is InChI=1S/C26H29N9/c1-33-13-15-34(16-14-33)21-11-9-20(10-12-21)28-26-29-25(27)35(32-26)23-17-19-7-4-6-18-5-2-3-8-22(18)24(19)31-30-23/h2-3,5,8-12,17H,4,6-7,13-16H2,1H3,(H3,27,28,29,32). The normalized spacial score (nSPS) is 15.9. The lowest BCUT2D eigenvalue weighted by atomic mass is 10.0. The first kappa shape index (κ1) is 21.5. The molecular weight excluding hydrogens is 438 g/mol. The summed E-state index contributed by atoms with van der Waals surface area (Å²) in [6.07, 6.45) is 3.04. The highest BCUT2D eigenvalue weighted by atomic mass is 15.4. The van der Waals surface area contributed by atoms with Crippen LogP contribution < -0.4 is 16.0 Å². The molecule has 2 aliphatic rings. The molecule has 35 heavy (non-hydrogen) atoms. The van der Waals surface area contributed by atoms with Crippen LogP contribution in [-0.2, 0) is 12.8 Å². The number of rotatable bonds is 4. The van der Waals surface area contributed by atoms with Gasteiger partial charge in [0, 0.05) is 43.1 Å². The first-order chi connectivity index (χ1) is 17.1. The molecule has 3 N–H and O–H groups in total. The maximum atomic E-state index is 6.21. The number of nitrogens with two attached hydrogens (primary N) is 1. The zero-order valence-electron chi connectivity index (χ0n) is 19.9. The van der Waals surface area contributed by atoms with Crippen LogP contribution >= 0.6 is 0 Å². The molecule has 9 heteroatoms. The van der Waals surface area contributed by atoms with Gasteiger partial charge in [-0.3, -0.25) is 0 Å². The van der Waals surface area contributed by atoms with E-state index in [0.29, 0.717) is 11.8 Å². The minimum absolute atomic E-state index is 0.268. The summed E-state index contributed by atoms with van der Waals surface area (Å²) >= 11 is 0. The first-order valence-electron chi connectivity index (χ1n) is 12.1. The molecule has 6 rings (SSSR count). The van der Waals surface area contributed by atoms with Crippen molar-refractivity contribution in [1.29, 1.82) is 0 Å². The number of nitrogens with zero attached hydrogens (tertiary/aromatic N) is 7. The molecule has 1 saturated heterocycles. The second-order valence-corrected chi connectivity index (χ2v) is 9.25. The maximum absolute atomic E-state index is 6.21. The predicted octanol–water partition coefficient (Wildman–Crippen LogP) is 3.29. The highest BCUT2D eigenvalue weighted by Crippen LogP contribution is 2.31. The number of hydrogen-bond acceptors (Lipinski definition) is 8. The van der Waals surface area contributed by atoms with Gasteiger partial charge in [0.05, 0.1) is 5.69 Å². The van der Waals surface area contributed by atoms with Crippen molar-refractivity contribution in [3.8, 4) is 17.1 Å². The molecule has 4 aromatic rings. The van der Waals surface area contributed by atoms with Crippen LogP contribution in [0.1, 0.15) is 17.5 Å². The van der Waals surface area contributed by atoms with Crippen LogP contribution in [-0.4, -0.2) is 63.1 Å². The molecule has 2 aromatic carbocycles. The summed E-state index contributed by atoms with van der Waals surface area (Å²) in [6, 6.07) is 18.8. The largest absolute Gasteiger partial charge is 0.369 e. The fourth-order valence-corrected chi connectivity index (χ4v) is 4.87. The van der Waals surface area contributed by atoms with E-state index >= 15 is 0 Å². The lowest BCUT2D eigenvalue weighted by molar-refractivity contribution is 0.313. The monoisotopic (exact) mass is 467 g/mol. The van der Waals surface area contributed by atoms with Crippen molar-refractivity contribution in [2.45, 2.75) is 19.3 Å². The average Bonchev–Trinajstić information content (AvgIpc) is 3.14. The number of piperazine rings is 1. The molecule has 9 nitrogen and oxygen atoms in total. The molecule has 1 aliphatic heterocycles. The van der Waals surface area contributed by atoms with Gasteiger partial charge in [0.25, 0.3) is 0 Å². The van der Waals surface area contributed by atoms with Crippen LogP contribution in [0.4, 0.5) is 23.3 Å². The Kier molecular flexibility index (Phi) is 5.54. The summed E-state index contributed by atoms with van der Waals surface area (Å²) in [7, 11) is 2.17. The predicted molar refractivity (Wildman–Crippen MR) is 138 cm³/mol. The molecule has 2 aromatic heterocycles. The van der Waals surface area contributed by atoms with Crippen molar-refractivity contribution >= 4 is 23.3 Å². The van der Waals surface area contributed by atoms with Crippen LogP contribution in [0.25, 0.3) is 17.1 Å². The second kappa shape index (κ2) is 8.99. The molecule has 1 fully saturated rings. The Labute approximate surface area is 204 Å². The van der Waals surface area contributed by atoms with Gasteiger partial charge in [-0.1, -0.05) is 24.3 Å². The smallest absolute Gasteiger partial charge is 0.248 e. The summed E-state index contributed by atoms with van der Waals surface area (Å²) in [6.45, 7) is 4.25. The Morgan fingerprint density at radius 1 is 0.886 bits per heavy atom. The molecule has 0 saturated carbocycles. The lowest BCUT2D eigenvalue weighted by Crippen LogP contribution is -2.44. The molecule has 0 amide bonds. The van der Waals surface area contributed by atoms with E-state index in [4.69, 9.17) is 5.73 Å². The quantitative estimate of drug-likeness (QED) is 0.472. The average molecular weight is 468 g/mol. The Balaban J connectivity index is 1.21. The molecule has 0 unspecified atom stereocenters. The third-order valence-electron chi connectivity index (χ3n) is 6.87. The Hall–Kier alpha value is -3.98. The van der Waals surface area contributed by atoms with Gasteiger partial charge in [0.15, 0.2) is 5.82 Å². The Morgan fingerprint density at radius 2 is 1.66 bits per heavy atom. The Bertz CT molecular complexity index is 1340. The zero-order chi connectivity index (χ0) is 23.8. The number of aryl methyl sites for hydroxylation is 2. The van der Waals surface area contributed by atoms with E-state index in [2.05, 4.69) is 78.8 Å². The topological polar surface area (TPSA) is 101 Å². The molecular formula is C26H29N9.